The predicted molar refractivity (Wildman–Crippen MR) is 53.4 cm³/mol. The number of anilines is 1. The zero-order valence-corrected chi connectivity index (χ0v) is 8.92. The van der Waals surface area contributed by atoms with E-state index in [1.165, 1.54) is 11.3 Å². The summed E-state index contributed by atoms with van der Waals surface area (Å²) in [6, 6.07) is 0. The highest BCUT2D eigenvalue weighted by Crippen LogP contribution is 2.14. The molecule has 2 aromatic rings. The Morgan fingerprint density at radius 1 is 1.62 bits per heavy atom. The lowest BCUT2D eigenvalue weighted by molar-refractivity contribution is 0.630. The van der Waals surface area contributed by atoms with E-state index in [1.807, 2.05) is 5.38 Å². The van der Waals surface area contributed by atoms with Crippen molar-refractivity contribution in [3.05, 3.63) is 21.9 Å². The van der Waals surface area contributed by atoms with Crippen LogP contribution in [0.1, 0.15) is 5.69 Å². The lowest BCUT2D eigenvalue weighted by Gasteiger charge is -1.96. The molecule has 7 heteroatoms. The van der Waals surface area contributed by atoms with E-state index in [9.17, 15) is 0 Å². The maximum atomic E-state index is 5.50. The fraction of sp³-hybridized carbons (Fsp3) is 0.167. The normalized spacial score (nSPS) is 10.5. The van der Waals surface area contributed by atoms with Gasteiger partial charge in [0, 0.05) is 5.38 Å². The van der Waals surface area contributed by atoms with Crippen molar-refractivity contribution in [3.8, 4) is 0 Å². The molecule has 13 heavy (non-hydrogen) atoms. The summed E-state index contributed by atoms with van der Waals surface area (Å²) in [4.78, 5) is 4.11. The molecule has 0 fully saturated rings. The van der Waals surface area contributed by atoms with Crippen LogP contribution < -0.4 is 5.73 Å². The first kappa shape index (κ1) is 8.64. The Bertz CT molecular complexity index is 409. The van der Waals surface area contributed by atoms with Gasteiger partial charge in [-0.2, -0.15) is 0 Å². The number of aromatic nitrogens is 4. The molecule has 0 radical (unpaired) electrons. The van der Waals surface area contributed by atoms with Gasteiger partial charge in [-0.25, -0.2) is 9.67 Å². The van der Waals surface area contributed by atoms with Crippen LogP contribution in [0.4, 0.5) is 5.13 Å². The van der Waals surface area contributed by atoms with Gasteiger partial charge in [-0.05, 0) is 15.9 Å². The number of nitrogens with two attached hydrogens (primary N) is 1. The minimum atomic E-state index is 0.575. The third-order valence-corrected chi connectivity index (χ3v) is 2.79. The first-order valence-corrected chi connectivity index (χ1v) is 5.17. The lowest BCUT2D eigenvalue weighted by atomic mass is 10.5. The highest BCUT2D eigenvalue weighted by molar-refractivity contribution is 9.10. The molecule has 2 rings (SSSR count). The molecule has 2 heterocycles. The standard InChI is InChI=1S/C6H6BrN5S/c7-5-1-9-11-12(5)2-4-3-13-6(8)10-4/h1,3H,2H2,(H2,8,10). The Morgan fingerprint density at radius 3 is 3.00 bits per heavy atom. The van der Waals surface area contributed by atoms with Crippen molar-refractivity contribution in [1.82, 2.24) is 20.0 Å². The molecular weight excluding hydrogens is 254 g/mol. The summed E-state index contributed by atoms with van der Waals surface area (Å²) in [7, 11) is 0. The minimum Gasteiger partial charge on any atom is -0.375 e. The molecule has 0 saturated carbocycles. The molecule has 0 aromatic carbocycles. The third-order valence-electron chi connectivity index (χ3n) is 1.45. The minimum absolute atomic E-state index is 0.575. The van der Waals surface area contributed by atoms with Crippen LogP contribution in [0.25, 0.3) is 0 Å². The zero-order chi connectivity index (χ0) is 9.26. The SMILES string of the molecule is Nc1nc(Cn2nncc2Br)cs1. The topological polar surface area (TPSA) is 69.6 Å². The lowest BCUT2D eigenvalue weighted by Crippen LogP contribution is -2.02. The summed E-state index contributed by atoms with van der Waals surface area (Å²) in [6.07, 6.45) is 1.63. The van der Waals surface area contributed by atoms with E-state index in [2.05, 4.69) is 31.2 Å². The number of rotatable bonds is 2. The summed E-state index contributed by atoms with van der Waals surface area (Å²) in [5.41, 5.74) is 6.39. The summed E-state index contributed by atoms with van der Waals surface area (Å²) in [5, 5.41) is 10.1. The Balaban J connectivity index is 2.19. The van der Waals surface area contributed by atoms with Crippen LogP contribution in [0, 0.1) is 0 Å². The van der Waals surface area contributed by atoms with E-state index >= 15 is 0 Å². The van der Waals surface area contributed by atoms with Crippen molar-refractivity contribution in [2.75, 3.05) is 5.73 Å². The monoisotopic (exact) mass is 259 g/mol. The van der Waals surface area contributed by atoms with Crippen molar-refractivity contribution in [2.45, 2.75) is 6.54 Å². The van der Waals surface area contributed by atoms with Gasteiger partial charge in [0.05, 0.1) is 18.4 Å². The van der Waals surface area contributed by atoms with Gasteiger partial charge in [-0.3, -0.25) is 0 Å². The van der Waals surface area contributed by atoms with E-state index < -0.39 is 0 Å². The molecule has 0 saturated heterocycles. The van der Waals surface area contributed by atoms with Crippen LogP contribution in [0.3, 0.4) is 0 Å². The summed E-state index contributed by atoms with van der Waals surface area (Å²) >= 11 is 4.73. The molecule has 0 aliphatic carbocycles. The van der Waals surface area contributed by atoms with E-state index in [-0.39, 0.29) is 0 Å². The fourth-order valence-electron chi connectivity index (χ4n) is 0.901. The number of halogens is 1. The number of nitrogen functional groups attached to an aromatic ring is 1. The summed E-state index contributed by atoms with van der Waals surface area (Å²) in [6.45, 7) is 0.592. The second kappa shape index (κ2) is 3.43. The van der Waals surface area contributed by atoms with Crippen LogP contribution in [0.2, 0.25) is 0 Å². The van der Waals surface area contributed by atoms with Crippen LogP contribution in [-0.2, 0) is 6.54 Å². The third kappa shape index (κ3) is 1.86. The zero-order valence-electron chi connectivity index (χ0n) is 6.51. The fourth-order valence-corrected chi connectivity index (χ4v) is 1.74. The van der Waals surface area contributed by atoms with E-state index in [0.717, 1.165) is 10.3 Å². The summed E-state index contributed by atoms with van der Waals surface area (Å²) < 4.78 is 2.54. The maximum absolute atomic E-state index is 5.50. The van der Waals surface area contributed by atoms with Gasteiger partial charge in [-0.1, -0.05) is 5.21 Å². The van der Waals surface area contributed by atoms with Gasteiger partial charge in [0.25, 0.3) is 0 Å². The molecule has 5 nitrogen and oxygen atoms in total. The van der Waals surface area contributed by atoms with Crippen molar-refractivity contribution in [1.29, 1.82) is 0 Å². The maximum Gasteiger partial charge on any atom is 0.180 e. The highest BCUT2D eigenvalue weighted by atomic mass is 79.9. The molecule has 0 aliphatic rings. The molecular formula is C6H6BrN5S. The van der Waals surface area contributed by atoms with Gasteiger partial charge >= 0.3 is 0 Å². The molecule has 2 aromatic heterocycles. The first-order chi connectivity index (χ1) is 6.25. The van der Waals surface area contributed by atoms with Crippen molar-refractivity contribution in [2.24, 2.45) is 0 Å². The van der Waals surface area contributed by atoms with Crippen LogP contribution in [0.15, 0.2) is 16.2 Å². The van der Waals surface area contributed by atoms with Gasteiger partial charge < -0.3 is 5.73 Å². The van der Waals surface area contributed by atoms with Gasteiger partial charge in [0.2, 0.25) is 0 Å². The van der Waals surface area contributed by atoms with Crippen LogP contribution in [-0.4, -0.2) is 20.0 Å². The quantitative estimate of drug-likeness (QED) is 0.878. The first-order valence-electron chi connectivity index (χ1n) is 3.49. The van der Waals surface area contributed by atoms with Crippen LogP contribution in [0.5, 0.6) is 0 Å². The van der Waals surface area contributed by atoms with Crippen molar-refractivity contribution in [3.63, 3.8) is 0 Å². The van der Waals surface area contributed by atoms with Gasteiger partial charge in [0.1, 0.15) is 4.60 Å². The number of thiazole rings is 1. The number of hydrogen-bond donors (Lipinski definition) is 1. The molecule has 0 amide bonds. The summed E-state index contributed by atoms with van der Waals surface area (Å²) in [5.74, 6) is 0. The molecule has 0 atom stereocenters. The van der Waals surface area contributed by atoms with Crippen LogP contribution >= 0.6 is 27.3 Å². The van der Waals surface area contributed by atoms with Crippen molar-refractivity contribution < 1.29 is 0 Å². The average Bonchev–Trinajstić information content (AvgIpc) is 2.64. The van der Waals surface area contributed by atoms with Gasteiger partial charge in [-0.15, -0.1) is 16.4 Å². The smallest absolute Gasteiger partial charge is 0.180 e. The molecule has 0 unspecified atom stereocenters. The average molecular weight is 260 g/mol. The highest BCUT2D eigenvalue weighted by Gasteiger charge is 2.03. The van der Waals surface area contributed by atoms with E-state index in [0.29, 0.717) is 11.7 Å². The number of nitrogens with zero attached hydrogens (tertiary/aromatic N) is 4. The molecule has 2 N–H and O–H groups in total. The van der Waals surface area contributed by atoms with Gasteiger partial charge in [0.15, 0.2) is 5.13 Å². The Hall–Kier alpha value is -0.950. The second-order valence-electron chi connectivity index (χ2n) is 2.39. The Kier molecular flexibility index (Phi) is 2.28. The van der Waals surface area contributed by atoms with E-state index in [1.54, 1.807) is 10.9 Å². The molecule has 0 bridgehead atoms. The predicted octanol–water partition coefficient (Wildman–Crippen LogP) is 1.13. The molecule has 0 aliphatic heterocycles. The van der Waals surface area contributed by atoms with Crippen molar-refractivity contribution >= 4 is 32.4 Å². The Labute approximate surface area is 86.7 Å². The number of hydrogen-bond acceptors (Lipinski definition) is 5. The van der Waals surface area contributed by atoms with E-state index in [4.69, 9.17) is 5.73 Å². The molecule has 68 valence electrons. The Morgan fingerprint density at radius 2 is 2.46 bits per heavy atom. The largest absolute Gasteiger partial charge is 0.375 e. The second-order valence-corrected chi connectivity index (χ2v) is 4.09. The molecule has 0 spiro atoms.